The minimum Gasteiger partial charge on any atom is -0.396 e. The number of carbonyl (C=O) groups excluding carboxylic acids is 2. The quantitative estimate of drug-likeness (QED) is 0.622. The molecule has 3 rings (SSSR count). The molecule has 156 valence electrons. The average molecular weight is 409 g/mol. The van der Waals surface area contributed by atoms with E-state index in [4.69, 9.17) is 0 Å². The van der Waals surface area contributed by atoms with Crippen molar-refractivity contribution in [2.75, 3.05) is 19.7 Å². The van der Waals surface area contributed by atoms with Gasteiger partial charge in [0.1, 0.15) is 0 Å². The van der Waals surface area contributed by atoms with Gasteiger partial charge in [-0.15, -0.1) is 0 Å². The van der Waals surface area contributed by atoms with E-state index in [1.807, 2.05) is 0 Å². The Labute approximate surface area is 165 Å². The zero-order chi connectivity index (χ0) is 21.3. The Morgan fingerprint density at radius 2 is 2.00 bits per heavy atom. The molecule has 1 amide bonds. The first kappa shape index (κ1) is 21.0. The second-order valence-corrected chi connectivity index (χ2v) is 7.28. The van der Waals surface area contributed by atoms with Crippen LogP contribution in [-0.4, -0.2) is 51.2 Å². The first-order valence-corrected chi connectivity index (χ1v) is 9.31. The lowest BCUT2D eigenvalue weighted by atomic mass is 9.98. The topological polar surface area (TPSA) is 75.4 Å². The second kappa shape index (κ2) is 7.98. The fourth-order valence-electron chi connectivity index (χ4n) is 3.69. The number of hydrogen-bond acceptors (Lipinski definition) is 4. The van der Waals surface area contributed by atoms with Crippen molar-refractivity contribution in [2.45, 2.75) is 32.9 Å². The number of aryl methyl sites for hydroxylation is 1. The molecule has 1 N–H and O–H groups in total. The third-order valence-corrected chi connectivity index (χ3v) is 5.20. The molecule has 1 fully saturated rings. The Hall–Kier alpha value is -2.68. The molecule has 9 heteroatoms. The van der Waals surface area contributed by atoms with Crippen molar-refractivity contribution in [3.05, 3.63) is 46.8 Å². The number of nitrogens with zero attached hydrogens (tertiary/aromatic N) is 3. The minimum atomic E-state index is -4.50. The molecule has 2 aromatic rings. The van der Waals surface area contributed by atoms with E-state index in [1.165, 1.54) is 21.7 Å². The number of Topliss-reactive ketones (excluding diaryl/α,β-unsaturated/α-hetero) is 1. The fourth-order valence-corrected chi connectivity index (χ4v) is 3.69. The number of halogens is 3. The van der Waals surface area contributed by atoms with Crippen LogP contribution in [0, 0.1) is 19.8 Å². The van der Waals surface area contributed by atoms with Gasteiger partial charge in [0, 0.05) is 19.7 Å². The third-order valence-electron chi connectivity index (χ3n) is 5.20. The van der Waals surface area contributed by atoms with Gasteiger partial charge in [0.15, 0.2) is 0 Å². The van der Waals surface area contributed by atoms with Gasteiger partial charge in [-0.05, 0) is 50.8 Å². The van der Waals surface area contributed by atoms with E-state index in [9.17, 15) is 27.9 Å². The van der Waals surface area contributed by atoms with E-state index < -0.39 is 23.4 Å². The molecule has 0 aliphatic carbocycles. The largest absolute Gasteiger partial charge is 0.416 e. The lowest BCUT2D eigenvalue weighted by Crippen LogP contribution is -2.44. The van der Waals surface area contributed by atoms with Gasteiger partial charge in [-0.1, -0.05) is 6.07 Å². The second-order valence-electron chi connectivity index (χ2n) is 7.28. The van der Waals surface area contributed by atoms with Crippen LogP contribution in [0.5, 0.6) is 0 Å². The van der Waals surface area contributed by atoms with Crippen molar-refractivity contribution in [3.63, 3.8) is 0 Å². The van der Waals surface area contributed by atoms with E-state index in [-0.39, 0.29) is 29.5 Å². The number of alkyl halides is 3. The maximum absolute atomic E-state index is 13.0. The zero-order valence-electron chi connectivity index (χ0n) is 16.2. The van der Waals surface area contributed by atoms with Crippen molar-refractivity contribution >= 4 is 11.7 Å². The number of likely N-dealkylation sites (tertiary alicyclic amines) is 1. The van der Waals surface area contributed by atoms with Crippen LogP contribution in [0.3, 0.4) is 0 Å². The highest BCUT2D eigenvalue weighted by molar-refractivity contribution is 6.43. The summed E-state index contributed by atoms with van der Waals surface area (Å²) in [6.07, 6.45) is -3.01. The Morgan fingerprint density at radius 1 is 1.28 bits per heavy atom. The summed E-state index contributed by atoms with van der Waals surface area (Å²) in [6, 6.07) is 4.63. The monoisotopic (exact) mass is 409 g/mol. The number of carbonyl (C=O) groups is 2. The number of rotatable bonds is 4. The van der Waals surface area contributed by atoms with Crippen LogP contribution in [0.2, 0.25) is 0 Å². The first-order chi connectivity index (χ1) is 13.6. The van der Waals surface area contributed by atoms with Crippen molar-refractivity contribution in [2.24, 2.45) is 5.92 Å². The first-order valence-electron chi connectivity index (χ1n) is 9.31. The van der Waals surface area contributed by atoms with E-state index in [2.05, 4.69) is 5.10 Å². The van der Waals surface area contributed by atoms with Gasteiger partial charge >= 0.3 is 6.18 Å². The average Bonchev–Trinajstić information content (AvgIpc) is 3.00. The number of aliphatic hydroxyl groups is 1. The number of benzene rings is 1. The summed E-state index contributed by atoms with van der Waals surface area (Å²) in [5.41, 5.74) is 0.00325. The van der Waals surface area contributed by atoms with E-state index in [1.54, 1.807) is 13.8 Å². The highest BCUT2D eigenvalue weighted by Crippen LogP contribution is 2.31. The van der Waals surface area contributed by atoms with Gasteiger partial charge < -0.3 is 10.0 Å². The smallest absolute Gasteiger partial charge is 0.396 e. The molecular weight excluding hydrogens is 387 g/mol. The van der Waals surface area contributed by atoms with Gasteiger partial charge in [-0.3, -0.25) is 9.59 Å². The molecule has 29 heavy (non-hydrogen) atoms. The molecule has 1 atom stereocenters. The molecule has 1 aromatic carbocycles. The normalized spacial score (nSPS) is 17.4. The Bertz CT molecular complexity index is 937. The standard InChI is InChI=1S/C20H22F3N3O3/c1-12-17(18(28)19(29)25-8-4-5-14(10-25)11-27)13(2)26(24-12)16-7-3-6-15(9-16)20(21,22)23/h3,6-7,9,14,27H,4-5,8,10-11H2,1-2H3/t14-/m1/s1. The summed E-state index contributed by atoms with van der Waals surface area (Å²) in [5, 5.41) is 13.5. The van der Waals surface area contributed by atoms with Gasteiger partial charge in [-0.25, -0.2) is 4.68 Å². The molecule has 6 nitrogen and oxygen atoms in total. The lowest BCUT2D eigenvalue weighted by Gasteiger charge is -2.31. The summed E-state index contributed by atoms with van der Waals surface area (Å²) in [4.78, 5) is 27.0. The van der Waals surface area contributed by atoms with Crippen molar-refractivity contribution in [3.8, 4) is 5.69 Å². The van der Waals surface area contributed by atoms with Crippen LogP contribution in [0.4, 0.5) is 13.2 Å². The molecule has 0 bridgehead atoms. The van der Waals surface area contributed by atoms with Crippen LogP contribution in [0.1, 0.15) is 40.2 Å². The van der Waals surface area contributed by atoms with Crippen LogP contribution in [-0.2, 0) is 11.0 Å². The van der Waals surface area contributed by atoms with E-state index >= 15 is 0 Å². The lowest BCUT2D eigenvalue weighted by molar-refractivity contribution is -0.137. The van der Waals surface area contributed by atoms with Crippen LogP contribution in [0.25, 0.3) is 5.69 Å². The summed E-state index contributed by atoms with van der Waals surface area (Å²) >= 11 is 0. The highest BCUT2D eigenvalue weighted by atomic mass is 19.4. The van der Waals surface area contributed by atoms with Crippen molar-refractivity contribution in [1.29, 1.82) is 0 Å². The van der Waals surface area contributed by atoms with E-state index in [0.717, 1.165) is 18.6 Å². The van der Waals surface area contributed by atoms with Crippen LogP contribution in [0.15, 0.2) is 24.3 Å². The highest BCUT2D eigenvalue weighted by Gasteiger charge is 2.33. The number of hydrogen-bond donors (Lipinski definition) is 1. The SMILES string of the molecule is Cc1nn(-c2cccc(C(F)(F)F)c2)c(C)c1C(=O)C(=O)N1CCC[C@@H](CO)C1. The Kier molecular flexibility index (Phi) is 5.79. The zero-order valence-corrected chi connectivity index (χ0v) is 16.2. The molecule has 0 spiro atoms. The molecule has 1 aliphatic rings. The Balaban J connectivity index is 1.92. The van der Waals surface area contributed by atoms with E-state index in [0.29, 0.717) is 25.2 Å². The maximum Gasteiger partial charge on any atom is 0.416 e. The summed E-state index contributed by atoms with van der Waals surface area (Å²) in [6.45, 7) is 3.78. The Morgan fingerprint density at radius 3 is 2.66 bits per heavy atom. The van der Waals surface area contributed by atoms with Gasteiger partial charge in [-0.2, -0.15) is 18.3 Å². The number of piperidine rings is 1. The molecule has 1 aromatic heterocycles. The summed E-state index contributed by atoms with van der Waals surface area (Å²) < 4.78 is 40.3. The molecular formula is C20H22F3N3O3. The molecule has 2 heterocycles. The molecule has 0 unspecified atom stereocenters. The maximum atomic E-state index is 13.0. The fraction of sp³-hybridized carbons (Fsp3) is 0.450. The van der Waals surface area contributed by atoms with Gasteiger partial charge in [0.05, 0.1) is 28.2 Å². The summed E-state index contributed by atoms with van der Waals surface area (Å²) in [7, 11) is 0. The number of amides is 1. The van der Waals surface area contributed by atoms with Crippen LogP contribution < -0.4 is 0 Å². The predicted molar refractivity (Wildman–Crippen MR) is 98.8 cm³/mol. The summed E-state index contributed by atoms with van der Waals surface area (Å²) in [5.74, 6) is -1.48. The van der Waals surface area contributed by atoms with Crippen LogP contribution >= 0.6 is 0 Å². The molecule has 1 saturated heterocycles. The third kappa shape index (κ3) is 4.19. The van der Waals surface area contributed by atoms with Gasteiger partial charge in [0.25, 0.3) is 11.7 Å². The molecule has 0 radical (unpaired) electrons. The predicted octanol–water partition coefficient (Wildman–Crippen LogP) is 2.92. The molecule has 1 aliphatic heterocycles. The number of aliphatic hydroxyl groups excluding tert-OH is 1. The van der Waals surface area contributed by atoms with Crippen molar-refractivity contribution in [1.82, 2.24) is 14.7 Å². The van der Waals surface area contributed by atoms with Gasteiger partial charge in [0.2, 0.25) is 0 Å². The number of ketones is 1. The van der Waals surface area contributed by atoms with Crippen molar-refractivity contribution < 1.29 is 27.9 Å². The number of aromatic nitrogens is 2. The minimum absolute atomic E-state index is 0.0521. The molecule has 0 saturated carbocycles.